The van der Waals surface area contributed by atoms with Gasteiger partial charge in [0.15, 0.2) is 0 Å². The van der Waals surface area contributed by atoms with Gasteiger partial charge in [0.05, 0.1) is 17.8 Å². The smallest absolute Gasteiger partial charge is 0.391 e. The summed E-state index contributed by atoms with van der Waals surface area (Å²) in [7, 11) is 0. The van der Waals surface area contributed by atoms with Crippen LogP contribution in [0.5, 0.6) is 0 Å². The first-order valence-corrected chi connectivity index (χ1v) is 7.04. The van der Waals surface area contributed by atoms with Gasteiger partial charge in [0.25, 0.3) is 0 Å². The molecule has 112 valence electrons. The molecule has 2 aliphatic rings. The predicted molar refractivity (Wildman–Crippen MR) is 66.2 cm³/mol. The highest BCUT2D eigenvalue weighted by Gasteiger charge is 2.42. The lowest BCUT2D eigenvalue weighted by Crippen LogP contribution is -2.33. The van der Waals surface area contributed by atoms with Gasteiger partial charge in [0.2, 0.25) is 5.82 Å². The Labute approximate surface area is 115 Å². The van der Waals surface area contributed by atoms with Crippen molar-refractivity contribution in [3.8, 4) is 0 Å². The number of hydrogen-bond acceptors (Lipinski definition) is 3. The number of fused-ring (bicyclic) bond motifs is 1. The maximum absolute atomic E-state index is 13.2. The molecule has 2 atom stereocenters. The molecule has 0 bridgehead atoms. The van der Waals surface area contributed by atoms with Crippen LogP contribution in [0.25, 0.3) is 0 Å². The van der Waals surface area contributed by atoms with Crippen LogP contribution in [0, 0.1) is 0 Å². The van der Waals surface area contributed by atoms with Crippen LogP contribution < -0.4 is 5.32 Å². The van der Waals surface area contributed by atoms with Gasteiger partial charge in [0.1, 0.15) is 0 Å². The molecule has 1 aromatic rings. The van der Waals surface area contributed by atoms with E-state index in [1.165, 1.54) is 4.57 Å². The van der Waals surface area contributed by atoms with Crippen molar-refractivity contribution in [1.29, 1.82) is 0 Å². The summed E-state index contributed by atoms with van der Waals surface area (Å²) in [6.07, 6.45) is -1.79. The summed E-state index contributed by atoms with van der Waals surface area (Å²) >= 11 is 0. The van der Waals surface area contributed by atoms with E-state index in [4.69, 9.17) is 0 Å². The largest absolute Gasteiger partial charge is 0.449 e. The maximum atomic E-state index is 13.2. The quantitative estimate of drug-likeness (QED) is 0.831. The second-order valence-corrected chi connectivity index (χ2v) is 5.54. The fourth-order valence-corrected chi connectivity index (χ4v) is 3.28. The first-order chi connectivity index (χ1) is 9.48. The molecule has 7 heteroatoms. The van der Waals surface area contributed by atoms with Crippen LogP contribution in [0.4, 0.5) is 13.2 Å². The minimum absolute atomic E-state index is 0.369. The van der Waals surface area contributed by atoms with E-state index >= 15 is 0 Å². The van der Waals surface area contributed by atoms with Gasteiger partial charge < -0.3 is 15.0 Å². The lowest BCUT2D eigenvalue weighted by Gasteiger charge is -2.32. The summed E-state index contributed by atoms with van der Waals surface area (Å²) < 4.78 is 41.0. The number of aromatic nitrogens is 2. The first kappa shape index (κ1) is 13.9. The van der Waals surface area contributed by atoms with E-state index in [1.54, 1.807) is 0 Å². The molecule has 1 fully saturated rings. The van der Waals surface area contributed by atoms with E-state index in [-0.39, 0.29) is 0 Å². The van der Waals surface area contributed by atoms with Crippen molar-refractivity contribution in [2.45, 2.75) is 57.0 Å². The van der Waals surface area contributed by atoms with Gasteiger partial charge in [-0.2, -0.15) is 13.2 Å². The maximum Gasteiger partial charge on any atom is 0.449 e. The summed E-state index contributed by atoms with van der Waals surface area (Å²) in [5.41, 5.74) is 1.11. The van der Waals surface area contributed by atoms with Crippen LogP contribution in [0.1, 0.15) is 48.9 Å². The SMILES string of the molecule is OC1CCCCC1n1c(C(F)(F)F)nc2c1CCNC2. The summed E-state index contributed by atoms with van der Waals surface area (Å²) in [5.74, 6) is -0.850. The van der Waals surface area contributed by atoms with Gasteiger partial charge in [-0.1, -0.05) is 12.8 Å². The standard InChI is InChI=1S/C13H18F3N3O/c14-13(15,16)12-18-8-7-17-6-5-9(8)19(12)10-3-1-2-4-11(10)20/h10-11,17,20H,1-7H2. The number of aliphatic hydroxyl groups is 1. The summed E-state index contributed by atoms with van der Waals surface area (Å²) in [6, 6.07) is -0.491. The molecule has 1 saturated carbocycles. The zero-order chi connectivity index (χ0) is 14.3. The molecule has 2 N–H and O–H groups in total. The van der Waals surface area contributed by atoms with E-state index in [0.717, 1.165) is 12.8 Å². The number of rotatable bonds is 1. The van der Waals surface area contributed by atoms with E-state index < -0.39 is 24.1 Å². The zero-order valence-corrected chi connectivity index (χ0v) is 11.1. The Morgan fingerprint density at radius 1 is 1.25 bits per heavy atom. The molecule has 0 radical (unpaired) electrons. The van der Waals surface area contributed by atoms with Gasteiger partial charge in [-0.15, -0.1) is 0 Å². The predicted octanol–water partition coefficient (Wildman–Crippen LogP) is 2.02. The molecule has 3 rings (SSSR count). The molecule has 2 heterocycles. The van der Waals surface area contributed by atoms with E-state index in [1.807, 2.05) is 0 Å². The van der Waals surface area contributed by atoms with Crippen LogP contribution in [-0.4, -0.2) is 27.3 Å². The average Bonchev–Trinajstić information content (AvgIpc) is 2.79. The Hall–Kier alpha value is -1.08. The van der Waals surface area contributed by atoms with Crippen LogP contribution in [0.2, 0.25) is 0 Å². The third-order valence-electron chi connectivity index (χ3n) is 4.20. The van der Waals surface area contributed by atoms with Gasteiger partial charge in [-0.3, -0.25) is 0 Å². The van der Waals surface area contributed by atoms with Crippen LogP contribution in [0.3, 0.4) is 0 Å². The first-order valence-electron chi connectivity index (χ1n) is 7.04. The highest BCUT2D eigenvalue weighted by Crippen LogP contribution is 2.38. The van der Waals surface area contributed by atoms with Crippen molar-refractivity contribution in [3.05, 3.63) is 17.2 Å². The number of halogens is 3. The van der Waals surface area contributed by atoms with Crippen molar-refractivity contribution in [3.63, 3.8) is 0 Å². The van der Waals surface area contributed by atoms with Crippen LogP contribution in [0.15, 0.2) is 0 Å². The molecule has 4 nitrogen and oxygen atoms in total. The minimum Gasteiger partial charge on any atom is -0.391 e. The molecule has 0 amide bonds. The number of aliphatic hydroxyl groups excluding tert-OH is 1. The van der Waals surface area contributed by atoms with Gasteiger partial charge in [-0.25, -0.2) is 4.98 Å². The van der Waals surface area contributed by atoms with Gasteiger partial charge in [0, 0.05) is 25.2 Å². The Balaban J connectivity index is 2.09. The molecular weight excluding hydrogens is 271 g/mol. The number of alkyl halides is 3. The highest BCUT2D eigenvalue weighted by atomic mass is 19.4. The van der Waals surface area contributed by atoms with Crippen molar-refractivity contribution < 1.29 is 18.3 Å². The normalized spacial score (nSPS) is 27.4. The third kappa shape index (κ3) is 2.33. The molecule has 1 aliphatic heterocycles. The highest BCUT2D eigenvalue weighted by molar-refractivity contribution is 5.23. The van der Waals surface area contributed by atoms with Gasteiger partial charge in [-0.05, 0) is 12.8 Å². The monoisotopic (exact) mass is 289 g/mol. The minimum atomic E-state index is -4.48. The van der Waals surface area contributed by atoms with Crippen molar-refractivity contribution in [1.82, 2.24) is 14.9 Å². The Kier molecular flexibility index (Phi) is 3.50. The molecule has 0 saturated heterocycles. The van der Waals surface area contributed by atoms with Crippen molar-refractivity contribution in [2.75, 3.05) is 6.54 Å². The molecule has 1 aliphatic carbocycles. The molecule has 1 aromatic heterocycles. The van der Waals surface area contributed by atoms with E-state index in [9.17, 15) is 18.3 Å². The summed E-state index contributed by atoms with van der Waals surface area (Å²) in [5, 5.41) is 13.1. The summed E-state index contributed by atoms with van der Waals surface area (Å²) in [4.78, 5) is 3.80. The lowest BCUT2D eigenvalue weighted by molar-refractivity contribution is -0.149. The van der Waals surface area contributed by atoms with Crippen LogP contribution in [-0.2, 0) is 19.1 Å². The van der Waals surface area contributed by atoms with E-state index in [0.29, 0.717) is 43.7 Å². The number of nitrogens with zero attached hydrogens (tertiary/aromatic N) is 2. The number of hydrogen-bond donors (Lipinski definition) is 2. The molecule has 0 spiro atoms. The Morgan fingerprint density at radius 3 is 2.70 bits per heavy atom. The summed E-state index contributed by atoms with van der Waals surface area (Å²) in [6.45, 7) is 1.02. The number of nitrogens with one attached hydrogen (secondary N) is 1. The fraction of sp³-hybridized carbons (Fsp3) is 0.769. The molecule has 2 unspecified atom stereocenters. The van der Waals surface area contributed by atoms with Crippen molar-refractivity contribution in [2.24, 2.45) is 0 Å². The Morgan fingerprint density at radius 2 is 2.00 bits per heavy atom. The number of imidazole rings is 1. The van der Waals surface area contributed by atoms with Crippen LogP contribution >= 0.6 is 0 Å². The van der Waals surface area contributed by atoms with E-state index in [2.05, 4.69) is 10.3 Å². The lowest BCUT2D eigenvalue weighted by atomic mass is 9.91. The third-order valence-corrected chi connectivity index (χ3v) is 4.20. The average molecular weight is 289 g/mol. The van der Waals surface area contributed by atoms with Crippen molar-refractivity contribution >= 4 is 0 Å². The molecule has 20 heavy (non-hydrogen) atoms. The Bertz CT molecular complexity index is 498. The van der Waals surface area contributed by atoms with Gasteiger partial charge >= 0.3 is 6.18 Å². The molecule has 0 aromatic carbocycles. The second-order valence-electron chi connectivity index (χ2n) is 5.54. The topological polar surface area (TPSA) is 50.1 Å². The zero-order valence-electron chi connectivity index (χ0n) is 11.1. The second kappa shape index (κ2) is 5.04. The molecular formula is C13H18F3N3O. The fourth-order valence-electron chi connectivity index (χ4n) is 3.28.